The number of nitrogens with two attached hydrogens (primary N) is 1. The second kappa shape index (κ2) is 3.86. The molecule has 1 fully saturated rings. The molecule has 0 unspecified atom stereocenters. The van der Waals surface area contributed by atoms with Crippen molar-refractivity contribution < 1.29 is 0 Å². The van der Waals surface area contributed by atoms with Crippen LogP contribution in [0.5, 0.6) is 0 Å². The van der Waals surface area contributed by atoms with Gasteiger partial charge in [-0.05, 0) is 44.4 Å². The predicted molar refractivity (Wildman–Crippen MR) is 65.1 cm³/mol. The van der Waals surface area contributed by atoms with Crippen LogP contribution in [0.2, 0.25) is 0 Å². The van der Waals surface area contributed by atoms with Gasteiger partial charge in [0, 0.05) is 24.3 Å². The Kier molecular flexibility index (Phi) is 2.70. The summed E-state index contributed by atoms with van der Waals surface area (Å²) in [6, 6.07) is 8.63. The largest absolute Gasteiger partial charge is 0.372 e. The third-order valence-corrected chi connectivity index (χ3v) is 3.06. The molecule has 0 amide bonds. The van der Waals surface area contributed by atoms with Gasteiger partial charge in [-0.25, -0.2) is 0 Å². The highest BCUT2D eigenvalue weighted by molar-refractivity contribution is 5.50. The number of rotatable bonds is 2. The topological polar surface area (TPSA) is 29.3 Å². The fourth-order valence-corrected chi connectivity index (χ4v) is 2.08. The van der Waals surface area contributed by atoms with Crippen LogP contribution in [0.15, 0.2) is 24.3 Å². The van der Waals surface area contributed by atoms with Gasteiger partial charge in [0.2, 0.25) is 0 Å². The van der Waals surface area contributed by atoms with E-state index in [2.05, 4.69) is 43.0 Å². The highest BCUT2D eigenvalue weighted by atomic mass is 15.1. The van der Waals surface area contributed by atoms with Crippen molar-refractivity contribution in [3.8, 4) is 0 Å². The van der Waals surface area contributed by atoms with E-state index < -0.39 is 0 Å². The molecule has 2 nitrogen and oxygen atoms in total. The SMILES string of the molecule is CC(C)(N)c1cccc(N2CCCC2)c1. The van der Waals surface area contributed by atoms with E-state index in [1.165, 1.54) is 37.2 Å². The van der Waals surface area contributed by atoms with Crippen LogP contribution < -0.4 is 10.6 Å². The molecule has 15 heavy (non-hydrogen) atoms. The summed E-state index contributed by atoms with van der Waals surface area (Å²) in [6.45, 7) is 6.48. The molecule has 0 spiro atoms. The lowest BCUT2D eigenvalue weighted by Gasteiger charge is -2.23. The smallest absolute Gasteiger partial charge is 0.0369 e. The first kappa shape index (κ1) is 10.5. The molecule has 2 heteroatoms. The summed E-state index contributed by atoms with van der Waals surface area (Å²) < 4.78 is 0. The Balaban J connectivity index is 2.26. The summed E-state index contributed by atoms with van der Waals surface area (Å²) in [5, 5.41) is 0. The summed E-state index contributed by atoms with van der Waals surface area (Å²) >= 11 is 0. The third-order valence-electron chi connectivity index (χ3n) is 3.06. The first-order valence-corrected chi connectivity index (χ1v) is 5.72. The minimum atomic E-state index is -0.240. The van der Waals surface area contributed by atoms with E-state index in [4.69, 9.17) is 5.73 Å². The molecule has 0 bridgehead atoms. The van der Waals surface area contributed by atoms with E-state index in [0.717, 1.165) is 0 Å². The molecule has 1 saturated heterocycles. The molecule has 82 valence electrons. The molecule has 0 saturated carbocycles. The summed E-state index contributed by atoms with van der Waals surface area (Å²) in [6.07, 6.45) is 2.63. The van der Waals surface area contributed by atoms with Gasteiger partial charge in [0.25, 0.3) is 0 Å². The summed E-state index contributed by atoms with van der Waals surface area (Å²) in [7, 11) is 0. The fraction of sp³-hybridized carbons (Fsp3) is 0.538. The molecule has 0 radical (unpaired) electrons. The normalized spacial score (nSPS) is 17.1. The lowest BCUT2D eigenvalue weighted by Crippen LogP contribution is -2.29. The van der Waals surface area contributed by atoms with Crippen LogP contribution in [0.1, 0.15) is 32.3 Å². The molecular weight excluding hydrogens is 184 g/mol. The van der Waals surface area contributed by atoms with Crippen molar-refractivity contribution >= 4 is 5.69 Å². The molecule has 2 N–H and O–H groups in total. The van der Waals surface area contributed by atoms with Crippen LogP contribution in [0, 0.1) is 0 Å². The second-order valence-corrected chi connectivity index (χ2v) is 4.97. The summed E-state index contributed by atoms with van der Waals surface area (Å²) in [4.78, 5) is 2.44. The number of anilines is 1. The van der Waals surface area contributed by atoms with Gasteiger partial charge in [0.05, 0.1) is 0 Å². The van der Waals surface area contributed by atoms with Gasteiger partial charge in [-0.15, -0.1) is 0 Å². The fourth-order valence-electron chi connectivity index (χ4n) is 2.08. The standard InChI is InChI=1S/C13H20N2/c1-13(2,14)11-6-5-7-12(10-11)15-8-3-4-9-15/h5-7,10H,3-4,8-9,14H2,1-2H3. The van der Waals surface area contributed by atoms with E-state index in [1.807, 2.05) is 0 Å². The quantitative estimate of drug-likeness (QED) is 0.802. The van der Waals surface area contributed by atoms with Gasteiger partial charge in [-0.2, -0.15) is 0 Å². The van der Waals surface area contributed by atoms with Crippen molar-refractivity contribution in [2.24, 2.45) is 5.73 Å². The molecule has 1 aromatic carbocycles. The first-order valence-electron chi connectivity index (χ1n) is 5.72. The number of hydrogen-bond donors (Lipinski definition) is 1. The molecule has 0 aliphatic carbocycles. The Morgan fingerprint density at radius 3 is 2.47 bits per heavy atom. The number of nitrogens with zero attached hydrogens (tertiary/aromatic N) is 1. The van der Waals surface area contributed by atoms with Crippen molar-refractivity contribution in [1.29, 1.82) is 0 Å². The minimum absolute atomic E-state index is 0.240. The Morgan fingerprint density at radius 2 is 1.87 bits per heavy atom. The van der Waals surface area contributed by atoms with Crippen molar-refractivity contribution in [3.63, 3.8) is 0 Å². The van der Waals surface area contributed by atoms with E-state index in [1.54, 1.807) is 0 Å². The highest BCUT2D eigenvalue weighted by Crippen LogP contribution is 2.25. The van der Waals surface area contributed by atoms with Crippen molar-refractivity contribution in [2.45, 2.75) is 32.2 Å². The maximum atomic E-state index is 6.11. The summed E-state index contributed by atoms with van der Waals surface area (Å²) in [5.41, 5.74) is 8.40. The maximum Gasteiger partial charge on any atom is 0.0369 e. The lowest BCUT2D eigenvalue weighted by molar-refractivity contribution is 0.554. The zero-order valence-electron chi connectivity index (χ0n) is 9.66. The van der Waals surface area contributed by atoms with Gasteiger partial charge in [-0.1, -0.05) is 12.1 Å². The monoisotopic (exact) mass is 204 g/mol. The van der Waals surface area contributed by atoms with E-state index in [-0.39, 0.29) is 5.54 Å². The van der Waals surface area contributed by atoms with Crippen molar-refractivity contribution in [1.82, 2.24) is 0 Å². The third kappa shape index (κ3) is 2.32. The first-order chi connectivity index (χ1) is 7.07. The van der Waals surface area contributed by atoms with Crippen LogP contribution in [0.25, 0.3) is 0 Å². The van der Waals surface area contributed by atoms with Gasteiger partial charge in [-0.3, -0.25) is 0 Å². The number of hydrogen-bond acceptors (Lipinski definition) is 2. The minimum Gasteiger partial charge on any atom is -0.372 e. The molecule has 1 aliphatic heterocycles. The van der Waals surface area contributed by atoms with Gasteiger partial charge in [0.1, 0.15) is 0 Å². The zero-order chi connectivity index (χ0) is 10.9. The van der Waals surface area contributed by atoms with Crippen molar-refractivity contribution in [2.75, 3.05) is 18.0 Å². The van der Waals surface area contributed by atoms with Crippen LogP contribution in [0.4, 0.5) is 5.69 Å². The molecule has 1 aliphatic rings. The summed E-state index contributed by atoms with van der Waals surface area (Å²) in [5.74, 6) is 0. The van der Waals surface area contributed by atoms with Crippen LogP contribution in [-0.2, 0) is 5.54 Å². The highest BCUT2D eigenvalue weighted by Gasteiger charge is 2.17. The van der Waals surface area contributed by atoms with Gasteiger partial charge >= 0.3 is 0 Å². The predicted octanol–water partition coefficient (Wildman–Crippen LogP) is 2.48. The second-order valence-electron chi connectivity index (χ2n) is 4.97. The number of benzene rings is 1. The lowest BCUT2D eigenvalue weighted by atomic mass is 9.95. The Labute approximate surface area is 92.1 Å². The Hall–Kier alpha value is -1.02. The molecule has 0 aromatic heterocycles. The maximum absolute atomic E-state index is 6.11. The Morgan fingerprint density at radius 1 is 1.20 bits per heavy atom. The molecule has 1 heterocycles. The zero-order valence-corrected chi connectivity index (χ0v) is 9.66. The molecule has 0 atom stereocenters. The average Bonchev–Trinajstić information content (AvgIpc) is 2.69. The average molecular weight is 204 g/mol. The van der Waals surface area contributed by atoms with E-state index in [9.17, 15) is 0 Å². The molecular formula is C13H20N2. The van der Waals surface area contributed by atoms with Crippen LogP contribution in [0.3, 0.4) is 0 Å². The van der Waals surface area contributed by atoms with E-state index >= 15 is 0 Å². The van der Waals surface area contributed by atoms with Gasteiger partial charge in [0.15, 0.2) is 0 Å². The van der Waals surface area contributed by atoms with Crippen LogP contribution in [-0.4, -0.2) is 13.1 Å². The molecule has 1 aromatic rings. The van der Waals surface area contributed by atoms with Crippen LogP contribution >= 0.6 is 0 Å². The van der Waals surface area contributed by atoms with Gasteiger partial charge < -0.3 is 10.6 Å². The van der Waals surface area contributed by atoms with Crippen molar-refractivity contribution in [3.05, 3.63) is 29.8 Å². The molecule has 2 rings (SSSR count). The Bertz CT molecular complexity index is 333. The van der Waals surface area contributed by atoms with E-state index in [0.29, 0.717) is 0 Å².